The average molecular weight is 327 g/mol. The molecule has 2 rings (SSSR count). The second-order valence-electron chi connectivity index (χ2n) is 4.21. The van der Waals surface area contributed by atoms with E-state index in [0.29, 0.717) is 5.69 Å². The predicted octanol–water partition coefficient (Wildman–Crippen LogP) is 3.16. The topological polar surface area (TPSA) is 25.2 Å². The number of aromatic nitrogens is 1. The minimum atomic E-state index is 0.0553. The number of halogens is 1. The molecule has 3 nitrogen and oxygen atoms in total. The summed E-state index contributed by atoms with van der Waals surface area (Å²) in [5.74, 6) is 0.0553. The highest BCUT2D eigenvalue weighted by molar-refractivity contribution is 9.10. The average Bonchev–Trinajstić information content (AvgIpc) is 2.94. The molecule has 0 radical (unpaired) electrons. The number of amides is 1. The van der Waals surface area contributed by atoms with Crippen LogP contribution in [0.1, 0.15) is 15.4 Å². The third kappa shape index (κ3) is 3.03. The quantitative estimate of drug-likeness (QED) is 0.847. The maximum Gasteiger partial charge on any atom is 0.270 e. The standard InChI is InChI=1S/C13H15BrN2OS/c1-15(6-5-11-4-3-7-18-11)13(17)12-8-10(14)9-16(12)2/h3-4,7-9H,5-6H2,1-2H3. The number of carbonyl (C=O) groups is 1. The van der Waals surface area contributed by atoms with Gasteiger partial charge in [-0.2, -0.15) is 0 Å². The summed E-state index contributed by atoms with van der Waals surface area (Å²) in [6.45, 7) is 0.738. The predicted molar refractivity (Wildman–Crippen MR) is 78.1 cm³/mol. The number of hydrogen-bond acceptors (Lipinski definition) is 2. The minimum Gasteiger partial charge on any atom is -0.345 e. The van der Waals surface area contributed by atoms with Crippen molar-refractivity contribution in [2.75, 3.05) is 13.6 Å². The van der Waals surface area contributed by atoms with Gasteiger partial charge in [-0.1, -0.05) is 6.07 Å². The molecule has 0 aliphatic carbocycles. The van der Waals surface area contributed by atoms with Gasteiger partial charge in [-0.25, -0.2) is 0 Å². The molecule has 2 heterocycles. The Kier molecular flexibility index (Phi) is 4.24. The first kappa shape index (κ1) is 13.4. The fourth-order valence-electron chi connectivity index (χ4n) is 1.77. The Bertz CT molecular complexity index is 533. The van der Waals surface area contributed by atoms with Crippen molar-refractivity contribution in [2.24, 2.45) is 7.05 Å². The van der Waals surface area contributed by atoms with Gasteiger partial charge in [-0.15, -0.1) is 11.3 Å². The van der Waals surface area contributed by atoms with Crippen molar-refractivity contribution in [3.8, 4) is 0 Å². The molecule has 0 unspecified atom stereocenters. The van der Waals surface area contributed by atoms with E-state index < -0.39 is 0 Å². The van der Waals surface area contributed by atoms with Gasteiger partial charge < -0.3 is 9.47 Å². The number of rotatable bonds is 4. The molecule has 0 fully saturated rings. The third-order valence-corrected chi connectivity index (χ3v) is 4.18. The van der Waals surface area contributed by atoms with Crippen LogP contribution >= 0.6 is 27.3 Å². The SMILES string of the molecule is CN(CCc1cccs1)C(=O)c1cc(Br)cn1C. The summed E-state index contributed by atoms with van der Waals surface area (Å²) in [7, 11) is 3.72. The fraction of sp³-hybridized carbons (Fsp3) is 0.308. The molecule has 0 aliphatic heterocycles. The molecule has 0 N–H and O–H groups in total. The van der Waals surface area contributed by atoms with Crippen LogP contribution in [0.15, 0.2) is 34.2 Å². The van der Waals surface area contributed by atoms with Gasteiger partial charge in [0.2, 0.25) is 0 Å². The number of likely N-dealkylation sites (N-methyl/N-ethyl adjacent to an activating group) is 1. The van der Waals surface area contributed by atoms with Crippen molar-refractivity contribution in [1.82, 2.24) is 9.47 Å². The van der Waals surface area contributed by atoms with Gasteiger partial charge in [0, 0.05) is 36.2 Å². The summed E-state index contributed by atoms with van der Waals surface area (Å²) in [5, 5.41) is 2.06. The first-order valence-corrected chi connectivity index (χ1v) is 7.35. The van der Waals surface area contributed by atoms with E-state index in [1.54, 1.807) is 16.2 Å². The summed E-state index contributed by atoms with van der Waals surface area (Å²) in [6, 6.07) is 5.99. The molecule has 1 amide bonds. The second-order valence-corrected chi connectivity index (χ2v) is 6.16. The Morgan fingerprint density at radius 3 is 2.89 bits per heavy atom. The number of nitrogens with zero attached hydrogens (tertiary/aromatic N) is 2. The summed E-state index contributed by atoms with van der Waals surface area (Å²) >= 11 is 5.11. The molecule has 2 aromatic heterocycles. The molecule has 5 heteroatoms. The van der Waals surface area contributed by atoms with E-state index in [4.69, 9.17) is 0 Å². The molecule has 0 aromatic carbocycles. The minimum absolute atomic E-state index is 0.0553. The largest absolute Gasteiger partial charge is 0.345 e. The molecule has 18 heavy (non-hydrogen) atoms. The van der Waals surface area contributed by atoms with Crippen LogP contribution in [0.25, 0.3) is 0 Å². The third-order valence-electron chi connectivity index (χ3n) is 2.81. The van der Waals surface area contributed by atoms with Crippen LogP contribution in [-0.2, 0) is 13.5 Å². The Labute approximate surface area is 119 Å². The highest BCUT2D eigenvalue weighted by Crippen LogP contribution is 2.15. The number of thiophene rings is 1. The lowest BCUT2D eigenvalue weighted by atomic mass is 10.3. The van der Waals surface area contributed by atoms with E-state index in [0.717, 1.165) is 17.4 Å². The van der Waals surface area contributed by atoms with E-state index in [1.165, 1.54) is 4.88 Å². The number of aryl methyl sites for hydroxylation is 1. The van der Waals surface area contributed by atoms with Gasteiger partial charge in [0.25, 0.3) is 5.91 Å². The van der Waals surface area contributed by atoms with E-state index in [2.05, 4.69) is 27.4 Å². The summed E-state index contributed by atoms with van der Waals surface area (Å²) in [4.78, 5) is 15.3. The second kappa shape index (κ2) is 5.71. The lowest BCUT2D eigenvalue weighted by molar-refractivity contribution is 0.0787. The summed E-state index contributed by atoms with van der Waals surface area (Å²) in [6.07, 6.45) is 2.80. The Balaban J connectivity index is 1.98. The highest BCUT2D eigenvalue weighted by atomic mass is 79.9. The van der Waals surface area contributed by atoms with Crippen LogP contribution in [0.5, 0.6) is 0 Å². The number of carbonyl (C=O) groups excluding carboxylic acids is 1. The van der Waals surface area contributed by atoms with Gasteiger partial charge in [0.05, 0.1) is 0 Å². The molecule has 2 aromatic rings. The molecule has 0 atom stereocenters. The molecule has 0 saturated heterocycles. The van der Waals surface area contributed by atoms with Crippen LogP contribution in [0.4, 0.5) is 0 Å². The van der Waals surface area contributed by atoms with Crippen molar-refractivity contribution < 1.29 is 4.79 Å². The lowest BCUT2D eigenvalue weighted by Crippen LogP contribution is -2.30. The lowest BCUT2D eigenvalue weighted by Gasteiger charge is -2.16. The molecular formula is C13H15BrN2OS. The van der Waals surface area contributed by atoms with Crippen molar-refractivity contribution >= 4 is 33.2 Å². The van der Waals surface area contributed by atoms with Gasteiger partial charge in [-0.05, 0) is 39.9 Å². The molecular weight excluding hydrogens is 312 g/mol. The van der Waals surface area contributed by atoms with Crippen molar-refractivity contribution in [2.45, 2.75) is 6.42 Å². The van der Waals surface area contributed by atoms with Gasteiger partial charge in [0.1, 0.15) is 5.69 Å². The fourth-order valence-corrected chi connectivity index (χ4v) is 2.99. The van der Waals surface area contributed by atoms with Crippen LogP contribution < -0.4 is 0 Å². The van der Waals surface area contributed by atoms with Crippen molar-refractivity contribution in [3.63, 3.8) is 0 Å². The molecule has 0 aliphatic rings. The molecule has 0 bridgehead atoms. The zero-order valence-corrected chi connectivity index (χ0v) is 12.8. The maximum atomic E-state index is 12.2. The smallest absolute Gasteiger partial charge is 0.270 e. The van der Waals surface area contributed by atoms with Crippen molar-refractivity contribution in [1.29, 1.82) is 0 Å². The zero-order valence-electron chi connectivity index (χ0n) is 10.4. The van der Waals surface area contributed by atoms with Gasteiger partial charge in [-0.3, -0.25) is 4.79 Å². The first-order chi connectivity index (χ1) is 8.58. The molecule has 96 valence electrons. The first-order valence-electron chi connectivity index (χ1n) is 5.67. The Morgan fingerprint density at radius 1 is 1.56 bits per heavy atom. The monoisotopic (exact) mass is 326 g/mol. The normalized spacial score (nSPS) is 10.6. The van der Waals surface area contributed by atoms with E-state index in [9.17, 15) is 4.79 Å². The van der Waals surface area contributed by atoms with E-state index in [-0.39, 0.29) is 5.91 Å². The summed E-state index contributed by atoms with van der Waals surface area (Å²) < 4.78 is 2.77. The highest BCUT2D eigenvalue weighted by Gasteiger charge is 2.15. The number of hydrogen-bond donors (Lipinski definition) is 0. The maximum absolute atomic E-state index is 12.2. The molecule has 0 spiro atoms. The zero-order chi connectivity index (χ0) is 13.1. The Hall–Kier alpha value is -1.07. The Morgan fingerprint density at radius 2 is 2.33 bits per heavy atom. The van der Waals surface area contributed by atoms with Crippen LogP contribution in [0, 0.1) is 0 Å². The van der Waals surface area contributed by atoms with Crippen molar-refractivity contribution in [3.05, 3.63) is 44.8 Å². The van der Waals surface area contributed by atoms with Crippen LogP contribution in [-0.4, -0.2) is 29.0 Å². The van der Waals surface area contributed by atoms with Crippen LogP contribution in [0.2, 0.25) is 0 Å². The van der Waals surface area contributed by atoms with Crippen LogP contribution in [0.3, 0.4) is 0 Å². The van der Waals surface area contributed by atoms with Gasteiger partial charge in [0.15, 0.2) is 0 Å². The van der Waals surface area contributed by atoms with E-state index in [1.807, 2.05) is 37.0 Å². The van der Waals surface area contributed by atoms with E-state index >= 15 is 0 Å². The summed E-state index contributed by atoms with van der Waals surface area (Å²) in [5.41, 5.74) is 0.704. The van der Waals surface area contributed by atoms with Gasteiger partial charge >= 0.3 is 0 Å². The molecule has 0 saturated carbocycles.